The number of halogens is 2. The van der Waals surface area contributed by atoms with Gasteiger partial charge in [0, 0.05) is 19.7 Å². The number of aromatic nitrogens is 2. The van der Waals surface area contributed by atoms with E-state index in [2.05, 4.69) is 9.97 Å². The lowest BCUT2D eigenvalue weighted by atomic mass is 10.0. The second kappa shape index (κ2) is 4.76. The molecule has 1 aliphatic rings. The second-order valence-electron chi connectivity index (χ2n) is 4.39. The van der Waals surface area contributed by atoms with Gasteiger partial charge in [0.2, 0.25) is 5.95 Å². The number of rotatable bonds is 2. The molecule has 16 heavy (non-hydrogen) atoms. The van der Waals surface area contributed by atoms with Gasteiger partial charge in [-0.3, -0.25) is 0 Å². The molecule has 1 aromatic rings. The smallest absolute Gasteiger partial charge is 0.227 e. The summed E-state index contributed by atoms with van der Waals surface area (Å²) in [4.78, 5) is 10.3. The molecule has 0 spiro atoms. The van der Waals surface area contributed by atoms with Crippen LogP contribution in [0, 0.1) is 0 Å². The summed E-state index contributed by atoms with van der Waals surface area (Å²) >= 11 is 12.4. The Morgan fingerprint density at radius 3 is 2.00 bits per heavy atom. The fourth-order valence-electron chi connectivity index (χ4n) is 2.16. The van der Waals surface area contributed by atoms with E-state index >= 15 is 0 Å². The summed E-state index contributed by atoms with van der Waals surface area (Å²) in [5.41, 5.74) is 0.937. The van der Waals surface area contributed by atoms with E-state index in [1.54, 1.807) is 4.90 Å². The Morgan fingerprint density at radius 2 is 1.56 bits per heavy atom. The number of hydrogen-bond donors (Lipinski definition) is 0. The Balaban J connectivity index is 2.38. The van der Waals surface area contributed by atoms with Gasteiger partial charge in [-0.15, -0.1) is 0 Å². The molecule has 0 atom stereocenters. The number of hydrogen-bond acceptors (Lipinski definition) is 3. The molecule has 1 saturated carbocycles. The summed E-state index contributed by atoms with van der Waals surface area (Å²) < 4.78 is 0. The zero-order valence-corrected chi connectivity index (χ0v) is 11.0. The maximum Gasteiger partial charge on any atom is 0.227 e. The van der Waals surface area contributed by atoms with E-state index in [1.165, 1.54) is 12.8 Å². The summed E-state index contributed by atoms with van der Waals surface area (Å²) in [5, 5.41) is 1.02. The molecule has 1 heterocycles. The third-order valence-electron chi connectivity index (χ3n) is 3.00. The summed E-state index contributed by atoms with van der Waals surface area (Å²) in [6.45, 7) is 0. The molecule has 88 valence electrons. The van der Waals surface area contributed by atoms with Gasteiger partial charge in [-0.05, 0) is 18.8 Å². The van der Waals surface area contributed by atoms with Crippen molar-refractivity contribution in [3.63, 3.8) is 0 Å². The monoisotopic (exact) mass is 259 g/mol. The highest BCUT2D eigenvalue weighted by Crippen LogP contribution is 2.40. The summed E-state index contributed by atoms with van der Waals surface area (Å²) in [7, 11) is 3.74. The molecule has 0 aromatic carbocycles. The highest BCUT2D eigenvalue weighted by Gasteiger charge is 2.24. The van der Waals surface area contributed by atoms with Crippen molar-refractivity contribution in [2.45, 2.75) is 31.6 Å². The zero-order chi connectivity index (χ0) is 11.7. The van der Waals surface area contributed by atoms with E-state index in [-0.39, 0.29) is 0 Å². The lowest BCUT2D eigenvalue weighted by Gasteiger charge is -2.16. The largest absolute Gasteiger partial charge is 0.347 e. The number of anilines is 1. The Labute approximate surface area is 106 Å². The van der Waals surface area contributed by atoms with Crippen LogP contribution >= 0.6 is 23.2 Å². The summed E-state index contributed by atoms with van der Waals surface area (Å²) in [6, 6.07) is 0. The Morgan fingerprint density at radius 1 is 1.06 bits per heavy atom. The zero-order valence-electron chi connectivity index (χ0n) is 9.50. The van der Waals surface area contributed by atoms with E-state index in [9.17, 15) is 0 Å². The molecule has 0 amide bonds. The molecule has 1 fully saturated rings. The van der Waals surface area contributed by atoms with Gasteiger partial charge in [0.05, 0.1) is 0 Å². The van der Waals surface area contributed by atoms with E-state index < -0.39 is 0 Å². The molecule has 0 saturated heterocycles. The van der Waals surface area contributed by atoms with Crippen molar-refractivity contribution in [2.24, 2.45) is 0 Å². The molecule has 0 aliphatic heterocycles. The highest BCUT2D eigenvalue weighted by atomic mass is 35.5. The minimum absolute atomic E-state index is 0.441. The maximum absolute atomic E-state index is 6.20. The van der Waals surface area contributed by atoms with Crippen LogP contribution in [-0.2, 0) is 0 Å². The third kappa shape index (κ3) is 2.25. The van der Waals surface area contributed by atoms with Crippen LogP contribution in [0.25, 0.3) is 0 Å². The third-order valence-corrected chi connectivity index (χ3v) is 3.58. The van der Waals surface area contributed by atoms with Crippen molar-refractivity contribution in [1.82, 2.24) is 9.97 Å². The number of nitrogens with zero attached hydrogens (tertiary/aromatic N) is 3. The molecule has 0 radical (unpaired) electrons. The molecule has 0 bridgehead atoms. The van der Waals surface area contributed by atoms with Crippen LogP contribution in [0.3, 0.4) is 0 Å². The molecule has 3 nitrogen and oxygen atoms in total. The maximum atomic E-state index is 6.20. The fourth-order valence-corrected chi connectivity index (χ4v) is 2.84. The molecule has 2 rings (SSSR count). The molecule has 0 N–H and O–H groups in total. The van der Waals surface area contributed by atoms with Crippen molar-refractivity contribution < 1.29 is 0 Å². The van der Waals surface area contributed by atoms with Crippen molar-refractivity contribution >= 4 is 29.2 Å². The quantitative estimate of drug-likeness (QED) is 0.762. The van der Waals surface area contributed by atoms with Crippen LogP contribution in [0.15, 0.2) is 0 Å². The van der Waals surface area contributed by atoms with Crippen LogP contribution in [0.4, 0.5) is 5.95 Å². The standard InChI is InChI=1S/C11H15Cl2N3/c1-16(2)11-14-9(12)8(10(13)15-11)7-5-3-4-6-7/h7H,3-6H2,1-2H3. The first-order chi connectivity index (χ1) is 7.59. The molecular formula is C11H15Cl2N3. The first-order valence-corrected chi connectivity index (χ1v) is 6.25. The predicted octanol–water partition coefficient (Wildman–Crippen LogP) is 3.51. The molecule has 5 heteroatoms. The Bertz CT molecular complexity index is 364. The van der Waals surface area contributed by atoms with Crippen LogP contribution in [-0.4, -0.2) is 24.1 Å². The van der Waals surface area contributed by atoms with Gasteiger partial charge < -0.3 is 4.90 Å². The van der Waals surface area contributed by atoms with Crippen LogP contribution in [0.5, 0.6) is 0 Å². The lowest BCUT2D eigenvalue weighted by Crippen LogP contribution is -2.14. The van der Waals surface area contributed by atoms with Crippen molar-refractivity contribution in [1.29, 1.82) is 0 Å². The predicted molar refractivity (Wildman–Crippen MR) is 67.6 cm³/mol. The van der Waals surface area contributed by atoms with Gasteiger partial charge in [-0.2, -0.15) is 0 Å². The topological polar surface area (TPSA) is 29.0 Å². The van der Waals surface area contributed by atoms with E-state index in [4.69, 9.17) is 23.2 Å². The Kier molecular flexibility index (Phi) is 3.55. The SMILES string of the molecule is CN(C)c1nc(Cl)c(C2CCCC2)c(Cl)n1. The summed E-state index contributed by atoms with van der Waals surface area (Å²) in [5.74, 6) is 1.01. The first-order valence-electron chi connectivity index (χ1n) is 5.50. The van der Waals surface area contributed by atoms with E-state index in [0.29, 0.717) is 22.2 Å². The fraction of sp³-hybridized carbons (Fsp3) is 0.636. The van der Waals surface area contributed by atoms with Gasteiger partial charge in [-0.25, -0.2) is 9.97 Å². The van der Waals surface area contributed by atoms with Crippen molar-refractivity contribution in [2.75, 3.05) is 19.0 Å². The highest BCUT2D eigenvalue weighted by molar-refractivity contribution is 6.34. The van der Waals surface area contributed by atoms with Gasteiger partial charge in [0.1, 0.15) is 10.3 Å². The Hall–Kier alpha value is -0.540. The van der Waals surface area contributed by atoms with Crippen LogP contribution in [0.2, 0.25) is 10.3 Å². The van der Waals surface area contributed by atoms with Crippen LogP contribution < -0.4 is 4.90 Å². The molecule has 1 aromatic heterocycles. The van der Waals surface area contributed by atoms with E-state index in [1.807, 2.05) is 14.1 Å². The van der Waals surface area contributed by atoms with Gasteiger partial charge in [-0.1, -0.05) is 36.0 Å². The van der Waals surface area contributed by atoms with Gasteiger partial charge in [0.15, 0.2) is 0 Å². The lowest BCUT2D eigenvalue weighted by molar-refractivity contribution is 0.714. The summed E-state index contributed by atoms with van der Waals surface area (Å²) in [6.07, 6.45) is 4.77. The second-order valence-corrected chi connectivity index (χ2v) is 5.11. The van der Waals surface area contributed by atoms with Gasteiger partial charge >= 0.3 is 0 Å². The van der Waals surface area contributed by atoms with Crippen LogP contribution in [0.1, 0.15) is 37.2 Å². The molecular weight excluding hydrogens is 245 g/mol. The van der Waals surface area contributed by atoms with E-state index in [0.717, 1.165) is 18.4 Å². The van der Waals surface area contributed by atoms with Crippen molar-refractivity contribution in [3.8, 4) is 0 Å². The minimum Gasteiger partial charge on any atom is -0.347 e. The first kappa shape index (κ1) is 11.9. The molecule has 1 aliphatic carbocycles. The molecule has 0 unspecified atom stereocenters. The normalized spacial score (nSPS) is 16.8. The average Bonchev–Trinajstić information content (AvgIpc) is 2.69. The van der Waals surface area contributed by atoms with Crippen molar-refractivity contribution in [3.05, 3.63) is 15.9 Å². The minimum atomic E-state index is 0.441. The average molecular weight is 260 g/mol. The van der Waals surface area contributed by atoms with Gasteiger partial charge in [0.25, 0.3) is 0 Å².